The van der Waals surface area contributed by atoms with Crippen molar-refractivity contribution in [1.29, 1.82) is 0 Å². The zero-order valence-corrected chi connectivity index (χ0v) is 26.5. The minimum absolute atomic E-state index is 0.889. The molecule has 7 aromatic carbocycles. The lowest BCUT2D eigenvalue weighted by Crippen LogP contribution is -2.37. The predicted octanol–water partition coefficient (Wildman–Crippen LogP) is 10.0. The second-order valence-corrected chi connectivity index (χ2v) is 13.9. The number of thiophene rings is 1. The Morgan fingerprint density at radius 1 is 0.630 bits per heavy atom. The summed E-state index contributed by atoms with van der Waals surface area (Å²) in [7, 11) is 0.889. The van der Waals surface area contributed by atoms with Crippen LogP contribution in [-0.2, 0) is 0 Å². The van der Waals surface area contributed by atoms with Crippen LogP contribution in [-0.4, -0.2) is 11.8 Å². The monoisotopic (exact) mass is 604 g/mol. The molecular formula is C42H29BN2S. The van der Waals surface area contributed by atoms with E-state index in [0.29, 0.717) is 0 Å². The first kappa shape index (κ1) is 26.0. The second-order valence-electron chi connectivity index (χ2n) is 12.8. The molecule has 0 spiro atoms. The normalized spacial score (nSPS) is 12.3. The van der Waals surface area contributed by atoms with Crippen LogP contribution in [0, 0.1) is 13.8 Å². The molecule has 3 heterocycles. The molecule has 0 radical (unpaired) electrons. The first-order chi connectivity index (χ1) is 22.6. The highest BCUT2D eigenvalue weighted by Crippen LogP contribution is 2.42. The lowest BCUT2D eigenvalue weighted by Gasteiger charge is -2.24. The van der Waals surface area contributed by atoms with Crippen LogP contribution in [0.15, 0.2) is 127 Å². The molecule has 0 saturated heterocycles. The Labute approximate surface area is 271 Å². The number of hydrogen-bond donors (Lipinski definition) is 1. The van der Waals surface area contributed by atoms with Crippen LogP contribution in [0.3, 0.4) is 0 Å². The number of aromatic nitrogens is 1. The molecule has 0 bridgehead atoms. The van der Waals surface area contributed by atoms with Gasteiger partial charge < -0.3 is 9.88 Å². The quantitative estimate of drug-likeness (QED) is 0.199. The third-order valence-corrected chi connectivity index (χ3v) is 11.1. The number of nitrogens with one attached hydrogen (secondary N) is 1. The largest absolute Gasteiger partial charge is 0.355 e. The van der Waals surface area contributed by atoms with Gasteiger partial charge in [-0.2, -0.15) is 0 Å². The van der Waals surface area contributed by atoms with Gasteiger partial charge in [-0.3, -0.25) is 0 Å². The van der Waals surface area contributed by atoms with Gasteiger partial charge in [0.15, 0.2) is 7.28 Å². The summed E-state index contributed by atoms with van der Waals surface area (Å²) >= 11 is 1.90. The summed E-state index contributed by atoms with van der Waals surface area (Å²) in [5.41, 5.74) is 14.0. The van der Waals surface area contributed by atoms with Gasteiger partial charge >= 0.3 is 0 Å². The van der Waals surface area contributed by atoms with Gasteiger partial charge in [0, 0.05) is 59.1 Å². The van der Waals surface area contributed by atoms with Crippen molar-refractivity contribution in [2.24, 2.45) is 0 Å². The smallest absolute Gasteiger partial charge is 0.198 e. The average Bonchev–Trinajstić information content (AvgIpc) is 3.61. The lowest BCUT2D eigenvalue weighted by atomic mass is 9.58. The molecule has 1 N–H and O–H groups in total. The number of nitrogens with zero attached hydrogens (tertiary/aromatic N) is 1. The minimum atomic E-state index is 0.889. The molecular weight excluding hydrogens is 575 g/mol. The number of rotatable bonds is 3. The Hall–Kier alpha value is -5.32. The van der Waals surface area contributed by atoms with E-state index >= 15 is 0 Å². The standard InChI is InChI=1S/C42H29BN2S/c1-24-15-17-28(18-16-24)44-35-13-7-5-11-29(35)32-19-25(2)40-33-20-26-9-3-4-10-27(26)21-36(33)45-37-22-31-30-12-6-8-14-38(30)46-39(31)23-34(37)43-41(32)42(40)45/h3-23,43-44H,1-2H3. The fraction of sp³-hybridized carbons (Fsp3) is 0.0476. The van der Waals surface area contributed by atoms with E-state index in [4.69, 9.17) is 0 Å². The third kappa shape index (κ3) is 3.71. The summed E-state index contributed by atoms with van der Waals surface area (Å²) in [5.74, 6) is 0. The Morgan fingerprint density at radius 3 is 2.26 bits per heavy atom. The van der Waals surface area contributed by atoms with Crippen molar-refractivity contribution in [2.75, 3.05) is 5.32 Å². The molecule has 0 amide bonds. The molecule has 216 valence electrons. The van der Waals surface area contributed by atoms with Crippen molar-refractivity contribution in [3.05, 3.63) is 139 Å². The molecule has 10 rings (SSSR count). The predicted molar refractivity (Wildman–Crippen MR) is 202 cm³/mol. The van der Waals surface area contributed by atoms with Crippen molar-refractivity contribution in [3.8, 4) is 16.8 Å². The van der Waals surface area contributed by atoms with Crippen LogP contribution in [0.1, 0.15) is 11.1 Å². The van der Waals surface area contributed by atoms with Gasteiger partial charge in [-0.05, 0) is 89.7 Å². The van der Waals surface area contributed by atoms with E-state index in [0.717, 1.165) is 18.7 Å². The average molecular weight is 605 g/mol. The van der Waals surface area contributed by atoms with Gasteiger partial charge in [0.05, 0.1) is 5.52 Å². The van der Waals surface area contributed by atoms with Gasteiger partial charge in [-0.15, -0.1) is 11.3 Å². The number of anilines is 2. The molecule has 4 heteroatoms. The highest BCUT2D eigenvalue weighted by molar-refractivity contribution is 7.25. The molecule has 0 saturated carbocycles. The van der Waals surface area contributed by atoms with Gasteiger partial charge in [0.1, 0.15) is 0 Å². The zero-order chi connectivity index (χ0) is 30.5. The van der Waals surface area contributed by atoms with Crippen LogP contribution < -0.4 is 16.2 Å². The van der Waals surface area contributed by atoms with Gasteiger partial charge in [-0.1, -0.05) is 89.9 Å². The second kappa shape index (κ2) is 9.59. The van der Waals surface area contributed by atoms with E-state index in [9.17, 15) is 0 Å². The van der Waals surface area contributed by atoms with Gasteiger partial charge in [0.2, 0.25) is 0 Å². The van der Waals surface area contributed by atoms with Crippen LogP contribution in [0.25, 0.3) is 69.6 Å². The van der Waals surface area contributed by atoms with E-state index in [1.165, 1.54) is 91.6 Å². The fourth-order valence-corrected chi connectivity index (χ4v) is 8.94. The first-order valence-electron chi connectivity index (χ1n) is 16.0. The molecule has 1 aliphatic heterocycles. The maximum atomic E-state index is 3.75. The van der Waals surface area contributed by atoms with E-state index in [-0.39, 0.29) is 0 Å². The van der Waals surface area contributed by atoms with Crippen LogP contribution in [0.5, 0.6) is 0 Å². The summed E-state index contributed by atoms with van der Waals surface area (Å²) < 4.78 is 5.29. The number of benzene rings is 7. The molecule has 2 nitrogen and oxygen atoms in total. The summed E-state index contributed by atoms with van der Waals surface area (Å²) in [6.45, 7) is 4.43. The summed E-state index contributed by atoms with van der Waals surface area (Å²) in [6.07, 6.45) is 0. The Morgan fingerprint density at radius 2 is 1.39 bits per heavy atom. The van der Waals surface area contributed by atoms with Gasteiger partial charge in [-0.25, -0.2) is 0 Å². The van der Waals surface area contributed by atoms with Crippen LogP contribution in [0.4, 0.5) is 11.4 Å². The zero-order valence-electron chi connectivity index (χ0n) is 25.7. The van der Waals surface area contributed by atoms with E-state index in [1.807, 2.05) is 11.3 Å². The number of hydrogen-bond acceptors (Lipinski definition) is 2. The van der Waals surface area contributed by atoms with Crippen molar-refractivity contribution in [2.45, 2.75) is 13.8 Å². The Balaban J connectivity index is 1.31. The topological polar surface area (TPSA) is 17.0 Å². The van der Waals surface area contributed by atoms with Crippen molar-refractivity contribution < 1.29 is 0 Å². The molecule has 46 heavy (non-hydrogen) atoms. The number of para-hydroxylation sites is 1. The van der Waals surface area contributed by atoms with E-state index in [2.05, 4.69) is 151 Å². The summed E-state index contributed by atoms with van der Waals surface area (Å²) in [5, 5.41) is 11.7. The van der Waals surface area contributed by atoms with Crippen molar-refractivity contribution >= 4 is 93.7 Å². The van der Waals surface area contributed by atoms with Crippen molar-refractivity contribution in [3.63, 3.8) is 0 Å². The maximum Gasteiger partial charge on any atom is 0.198 e. The Bertz CT molecular complexity index is 2710. The van der Waals surface area contributed by atoms with Gasteiger partial charge in [0.25, 0.3) is 0 Å². The van der Waals surface area contributed by atoms with Crippen LogP contribution in [0.2, 0.25) is 0 Å². The third-order valence-electron chi connectivity index (χ3n) is 9.93. The first-order valence-corrected chi connectivity index (χ1v) is 16.8. The highest BCUT2D eigenvalue weighted by atomic mass is 32.1. The fourth-order valence-electron chi connectivity index (χ4n) is 7.79. The molecule has 0 aliphatic carbocycles. The lowest BCUT2D eigenvalue weighted by molar-refractivity contribution is 1.20. The molecule has 0 unspecified atom stereocenters. The molecule has 1 aliphatic rings. The number of fused-ring (bicyclic) bond motifs is 9. The molecule has 0 atom stereocenters. The highest BCUT2D eigenvalue weighted by Gasteiger charge is 2.28. The van der Waals surface area contributed by atoms with E-state index < -0.39 is 0 Å². The summed E-state index contributed by atoms with van der Waals surface area (Å²) in [4.78, 5) is 0. The Kier molecular flexibility index (Phi) is 5.41. The molecule has 2 aromatic heterocycles. The van der Waals surface area contributed by atoms with Crippen molar-refractivity contribution in [1.82, 2.24) is 4.57 Å². The summed E-state index contributed by atoms with van der Waals surface area (Å²) in [6, 6.07) is 47.3. The minimum Gasteiger partial charge on any atom is -0.355 e. The molecule has 9 aromatic rings. The SMILES string of the molecule is Cc1ccc(Nc2ccccc2-c2cc(C)c3c4cc5ccccc5cc4n4c3c2Bc2cc3sc5ccccc5c3cc2-4)cc1. The molecule has 0 fully saturated rings. The maximum absolute atomic E-state index is 3.75. The van der Waals surface area contributed by atoms with E-state index in [1.54, 1.807) is 0 Å². The number of aryl methyl sites for hydroxylation is 2. The van der Waals surface area contributed by atoms with Crippen LogP contribution >= 0.6 is 11.3 Å².